The molecule has 0 aliphatic carbocycles. The Balaban J connectivity index is 1.45. The number of ether oxygens (including phenoxy) is 1. The average molecular weight is 501 g/mol. The number of anilines is 2. The summed E-state index contributed by atoms with van der Waals surface area (Å²) in [6, 6.07) is 26.9. The number of hydrogen-bond donors (Lipinski definition) is 2. The number of hydrogen-bond acceptors (Lipinski definition) is 4. The maximum Gasteiger partial charge on any atom is 0.262 e. The third-order valence-electron chi connectivity index (χ3n) is 5.86. The largest absolute Gasteiger partial charge is 0.489 e. The first kappa shape index (κ1) is 25.0. The number of benzene rings is 4. The Bertz CT molecular complexity index is 1480. The Labute approximate surface area is 212 Å². The Morgan fingerprint density at radius 1 is 0.750 bits per heavy atom. The van der Waals surface area contributed by atoms with E-state index in [0.29, 0.717) is 29.3 Å². The molecule has 0 saturated heterocycles. The van der Waals surface area contributed by atoms with Gasteiger partial charge in [0.1, 0.15) is 12.4 Å². The van der Waals surface area contributed by atoms with Gasteiger partial charge in [-0.15, -0.1) is 0 Å². The minimum Gasteiger partial charge on any atom is -0.489 e. The quantitative estimate of drug-likeness (QED) is 0.300. The van der Waals surface area contributed by atoms with Crippen molar-refractivity contribution in [3.05, 3.63) is 119 Å². The fourth-order valence-corrected chi connectivity index (χ4v) is 4.95. The second-order valence-electron chi connectivity index (χ2n) is 8.64. The maximum atomic E-state index is 13.1. The van der Waals surface area contributed by atoms with Crippen LogP contribution in [0.4, 0.5) is 11.4 Å². The lowest BCUT2D eigenvalue weighted by Gasteiger charge is -2.13. The SMILES string of the molecule is Cc1ccc(NS(=O)(=O)c2cc(C(=O)Nc3ccc(OCc4ccccc4)cc3)ccc2C)cc1C. The topological polar surface area (TPSA) is 84.5 Å². The summed E-state index contributed by atoms with van der Waals surface area (Å²) < 4.78 is 34.6. The van der Waals surface area contributed by atoms with Gasteiger partial charge in [0.2, 0.25) is 0 Å². The molecule has 0 bridgehead atoms. The zero-order valence-corrected chi connectivity index (χ0v) is 21.2. The first-order valence-electron chi connectivity index (χ1n) is 11.5. The van der Waals surface area contributed by atoms with E-state index in [1.54, 1.807) is 55.5 Å². The van der Waals surface area contributed by atoms with Crippen LogP contribution in [0.5, 0.6) is 5.75 Å². The molecule has 0 atom stereocenters. The third-order valence-corrected chi connectivity index (χ3v) is 7.38. The molecule has 0 aliphatic heterocycles. The number of carbonyl (C=O) groups is 1. The smallest absolute Gasteiger partial charge is 0.262 e. The van der Waals surface area contributed by atoms with Crippen molar-refractivity contribution in [1.82, 2.24) is 0 Å². The van der Waals surface area contributed by atoms with E-state index >= 15 is 0 Å². The van der Waals surface area contributed by atoms with Crippen molar-refractivity contribution in [2.45, 2.75) is 32.3 Å². The van der Waals surface area contributed by atoms with Crippen LogP contribution in [0.1, 0.15) is 32.6 Å². The molecule has 6 nitrogen and oxygen atoms in total. The van der Waals surface area contributed by atoms with Crippen molar-refractivity contribution < 1.29 is 17.9 Å². The van der Waals surface area contributed by atoms with Crippen molar-refractivity contribution in [1.29, 1.82) is 0 Å². The van der Waals surface area contributed by atoms with Gasteiger partial charge in [-0.2, -0.15) is 0 Å². The van der Waals surface area contributed by atoms with Gasteiger partial charge in [0.25, 0.3) is 15.9 Å². The maximum absolute atomic E-state index is 13.1. The summed E-state index contributed by atoms with van der Waals surface area (Å²) in [5.74, 6) is 0.272. The van der Waals surface area contributed by atoms with Crippen LogP contribution in [0.2, 0.25) is 0 Å². The summed E-state index contributed by atoms with van der Waals surface area (Å²) in [7, 11) is -3.88. The zero-order valence-electron chi connectivity index (χ0n) is 20.4. The van der Waals surface area contributed by atoms with Crippen molar-refractivity contribution in [2.24, 2.45) is 0 Å². The number of nitrogens with one attached hydrogen (secondary N) is 2. The summed E-state index contributed by atoms with van der Waals surface area (Å²) in [5.41, 5.74) is 4.95. The molecule has 0 spiro atoms. The number of carbonyl (C=O) groups excluding carboxylic acids is 1. The van der Waals surface area contributed by atoms with Crippen molar-refractivity contribution in [3.8, 4) is 5.75 Å². The van der Waals surface area contributed by atoms with Crippen LogP contribution in [0.25, 0.3) is 0 Å². The van der Waals surface area contributed by atoms with Crippen LogP contribution in [-0.4, -0.2) is 14.3 Å². The van der Waals surface area contributed by atoms with E-state index < -0.39 is 15.9 Å². The summed E-state index contributed by atoms with van der Waals surface area (Å²) in [6.07, 6.45) is 0. The van der Waals surface area contributed by atoms with Gasteiger partial charge < -0.3 is 10.1 Å². The lowest BCUT2D eigenvalue weighted by atomic mass is 10.1. The van der Waals surface area contributed by atoms with Crippen molar-refractivity contribution in [2.75, 3.05) is 10.0 Å². The standard InChI is InChI=1S/C29H28N2O4S/c1-20-10-12-26(17-22(20)3)31-36(33,34)28-18-24(11-9-21(28)2)29(32)30-25-13-15-27(16-14-25)35-19-23-7-5-4-6-8-23/h4-18,31H,19H2,1-3H3,(H,30,32). The molecule has 0 aliphatic rings. The Hall–Kier alpha value is -4.10. The molecular weight excluding hydrogens is 472 g/mol. The number of sulfonamides is 1. The van der Waals surface area contributed by atoms with Gasteiger partial charge in [0.05, 0.1) is 4.90 Å². The van der Waals surface area contributed by atoms with Gasteiger partial charge in [-0.05, 0) is 91.6 Å². The van der Waals surface area contributed by atoms with E-state index in [2.05, 4.69) is 10.0 Å². The summed E-state index contributed by atoms with van der Waals surface area (Å²) in [6.45, 7) is 6.03. The van der Waals surface area contributed by atoms with Crippen LogP contribution < -0.4 is 14.8 Å². The Kier molecular flexibility index (Phi) is 7.41. The van der Waals surface area contributed by atoms with Gasteiger partial charge >= 0.3 is 0 Å². The molecule has 0 saturated carbocycles. The van der Waals surface area contributed by atoms with Crippen molar-refractivity contribution in [3.63, 3.8) is 0 Å². The van der Waals surface area contributed by atoms with E-state index in [1.165, 1.54) is 6.07 Å². The normalized spacial score (nSPS) is 11.1. The average Bonchev–Trinajstić information content (AvgIpc) is 2.86. The molecule has 0 unspecified atom stereocenters. The molecule has 0 fully saturated rings. The minimum atomic E-state index is -3.88. The molecule has 4 rings (SSSR count). The van der Waals surface area contributed by atoms with Gasteiger partial charge in [-0.25, -0.2) is 8.42 Å². The fraction of sp³-hybridized carbons (Fsp3) is 0.138. The third kappa shape index (κ3) is 6.12. The minimum absolute atomic E-state index is 0.0537. The van der Waals surface area contributed by atoms with Crippen LogP contribution >= 0.6 is 0 Å². The Morgan fingerprint density at radius 3 is 2.11 bits per heavy atom. The van der Waals surface area contributed by atoms with Gasteiger partial charge in [0, 0.05) is 16.9 Å². The molecule has 4 aromatic carbocycles. The lowest BCUT2D eigenvalue weighted by molar-refractivity contribution is 0.102. The predicted molar refractivity (Wildman–Crippen MR) is 143 cm³/mol. The van der Waals surface area contributed by atoms with E-state index in [-0.39, 0.29) is 10.5 Å². The summed E-state index contributed by atoms with van der Waals surface area (Å²) in [5, 5.41) is 2.81. The molecule has 2 N–H and O–H groups in total. The lowest BCUT2D eigenvalue weighted by Crippen LogP contribution is -2.17. The molecule has 4 aromatic rings. The highest BCUT2D eigenvalue weighted by Gasteiger charge is 2.20. The monoisotopic (exact) mass is 500 g/mol. The number of aryl methyl sites for hydroxylation is 3. The highest BCUT2D eigenvalue weighted by atomic mass is 32.2. The Morgan fingerprint density at radius 2 is 1.42 bits per heavy atom. The molecule has 0 radical (unpaired) electrons. The van der Waals surface area contributed by atoms with Crippen LogP contribution in [0, 0.1) is 20.8 Å². The molecular formula is C29H28N2O4S. The molecule has 7 heteroatoms. The zero-order chi connectivity index (χ0) is 25.7. The molecule has 1 amide bonds. The highest BCUT2D eigenvalue weighted by Crippen LogP contribution is 2.23. The van der Waals surface area contributed by atoms with Crippen molar-refractivity contribution >= 4 is 27.3 Å². The first-order valence-corrected chi connectivity index (χ1v) is 13.0. The van der Waals surface area contributed by atoms with E-state index in [4.69, 9.17) is 4.74 Å². The predicted octanol–water partition coefficient (Wildman–Crippen LogP) is 6.24. The second-order valence-corrected chi connectivity index (χ2v) is 10.3. The number of rotatable bonds is 8. The highest BCUT2D eigenvalue weighted by molar-refractivity contribution is 7.92. The van der Waals surface area contributed by atoms with E-state index in [0.717, 1.165) is 16.7 Å². The molecule has 0 aromatic heterocycles. The summed E-state index contributed by atoms with van der Waals surface area (Å²) in [4.78, 5) is 12.9. The van der Waals surface area contributed by atoms with Gasteiger partial charge in [-0.3, -0.25) is 9.52 Å². The van der Waals surface area contributed by atoms with Gasteiger partial charge in [-0.1, -0.05) is 42.5 Å². The summed E-state index contributed by atoms with van der Waals surface area (Å²) >= 11 is 0. The van der Waals surface area contributed by atoms with Crippen LogP contribution in [0.3, 0.4) is 0 Å². The van der Waals surface area contributed by atoms with Gasteiger partial charge in [0.15, 0.2) is 0 Å². The van der Waals surface area contributed by atoms with Crippen LogP contribution in [-0.2, 0) is 16.6 Å². The fourth-order valence-electron chi connectivity index (χ4n) is 3.62. The van der Waals surface area contributed by atoms with E-state index in [1.807, 2.05) is 50.2 Å². The number of amides is 1. The van der Waals surface area contributed by atoms with E-state index in [9.17, 15) is 13.2 Å². The molecule has 184 valence electrons. The second kappa shape index (κ2) is 10.7. The molecule has 36 heavy (non-hydrogen) atoms. The van der Waals surface area contributed by atoms with Crippen LogP contribution in [0.15, 0.2) is 95.9 Å². The molecule has 0 heterocycles. The first-order chi connectivity index (χ1) is 17.2.